The number of carbonyl (C=O) groups excluding carboxylic acids is 1. The number of fused-ring (bicyclic) bond motifs is 1. The zero-order valence-electron chi connectivity index (χ0n) is 12.1. The van der Waals surface area contributed by atoms with Crippen LogP contribution in [0.5, 0.6) is 0 Å². The van der Waals surface area contributed by atoms with Gasteiger partial charge in [-0.25, -0.2) is 0 Å². The molecule has 20 heavy (non-hydrogen) atoms. The van der Waals surface area contributed by atoms with Gasteiger partial charge in [0.2, 0.25) is 5.91 Å². The molecule has 2 N–H and O–H groups in total. The average Bonchev–Trinajstić information content (AvgIpc) is 2.50. The summed E-state index contributed by atoms with van der Waals surface area (Å²) in [5.74, 6) is -0.0422. The molecule has 0 aromatic heterocycles. The Morgan fingerprint density at radius 3 is 2.60 bits per heavy atom. The van der Waals surface area contributed by atoms with Crippen molar-refractivity contribution in [2.75, 3.05) is 19.6 Å². The van der Waals surface area contributed by atoms with Crippen LogP contribution in [0.2, 0.25) is 0 Å². The van der Waals surface area contributed by atoms with Crippen molar-refractivity contribution >= 4 is 16.7 Å². The second-order valence-electron chi connectivity index (χ2n) is 4.97. The van der Waals surface area contributed by atoms with Crippen LogP contribution in [0, 0.1) is 0 Å². The molecule has 1 amide bonds. The van der Waals surface area contributed by atoms with Crippen LogP contribution >= 0.6 is 0 Å². The van der Waals surface area contributed by atoms with Gasteiger partial charge in [-0.3, -0.25) is 4.79 Å². The second kappa shape index (κ2) is 7.06. The highest BCUT2D eigenvalue weighted by atomic mass is 16.1. The largest absolute Gasteiger partial charge is 0.354 e. The molecule has 0 aliphatic carbocycles. The molecule has 0 saturated heterocycles. The third-order valence-electron chi connectivity index (χ3n) is 3.52. The van der Waals surface area contributed by atoms with Crippen LogP contribution in [-0.4, -0.2) is 25.5 Å². The first kappa shape index (κ1) is 14.5. The number of amides is 1. The summed E-state index contributed by atoms with van der Waals surface area (Å²) in [7, 11) is 0. The van der Waals surface area contributed by atoms with Crippen LogP contribution < -0.4 is 10.6 Å². The Morgan fingerprint density at radius 1 is 1.10 bits per heavy atom. The zero-order chi connectivity index (χ0) is 14.4. The molecule has 2 rings (SSSR count). The van der Waals surface area contributed by atoms with Gasteiger partial charge in [-0.15, -0.1) is 0 Å². The fourth-order valence-electron chi connectivity index (χ4n) is 2.23. The average molecular weight is 270 g/mol. The lowest BCUT2D eigenvalue weighted by atomic mass is 9.97. The highest BCUT2D eigenvalue weighted by molar-refractivity contribution is 5.87. The van der Waals surface area contributed by atoms with Gasteiger partial charge in [-0.2, -0.15) is 0 Å². The first-order valence-electron chi connectivity index (χ1n) is 7.19. The maximum atomic E-state index is 12.1. The highest BCUT2D eigenvalue weighted by Crippen LogP contribution is 2.21. The third-order valence-corrected chi connectivity index (χ3v) is 3.52. The lowest BCUT2D eigenvalue weighted by molar-refractivity contribution is -0.122. The van der Waals surface area contributed by atoms with Gasteiger partial charge >= 0.3 is 0 Å². The molecule has 2 aromatic carbocycles. The summed E-state index contributed by atoms with van der Waals surface area (Å²) in [5.41, 5.74) is 1.06. The number of benzene rings is 2. The summed E-state index contributed by atoms with van der Waals surface area (Å²) in [6.45, 7) is 6.42. The Kier molecular flexibility index (Phi) is 5.13. The Morgan fingerprint density at radius 2 is 1.85 bits per heavy atom. The molecule has 0 fully saturated rings. The highest BCUT2D eigenvalue weighted by Gasteiger charge is 2.14. The number of carbonyl (C=O) groups is 1. The van der Waals surface area contributed by atoms with Gasteiger partial charge < -0.3 is 10.6 Å². The van der Waals surface area contributed by atoms with E-state index in [-0.39, 0.29) is 11.8 Å². The van der Waals surface area contributed by atoms with E-state index in [1.54, 1.807) is 0 Å². The van der Waals surface area contributed by atoms with Gasteiger partial charge in [0, 0.05) is 13.1 Å². The fraction of sp³-hybridized carbons (Fsp3) is 0.353. The first-order chi connectivity index (χ1) is 9.72. The van der Waals surface area contributed by atoms with E-state index in [4.69, 9.17) is 0 Å². The quantitative estimate of drug-likeness (QED) is 0.792. The van der Waals surface area contributed by atoms with Crippen molar-refractivity contribution in [1.29, 1.82) is 0 Å². The predicted octanol–water partition coefficient (Wildman–Crippen LogP) is 2.67. The van der Waals surface area contributed by atoms with Crippen LogP contribution in [0.15, 0.2) is 42.5 Å². The molecular formula is C17H22N2O. The van der Waals surface area contributed by atoms with E-state index in [9.17, 15) is 4.79 Å². The maximum Gasteiger partial charge on any atom is 0.227 e. The first-order valence-corrected chi connectivity index (χ1v) is 7.19. The van der Waals surface area contributed by atoms with E-state index < -0.39 is 0 Å². The van der Waals surface area contributed by atoms with Gasteiger partial charge in [0.1, 0.15) is 0 Å². The number of rotatable bonds is 6. The zero-order valence-corrected chi connectivity index (χ0v) is 12.1. The van der Waals surface area contributed by atoms with Crippen LogP contribution in [0.1, 0.15) is 25.3 Å². The molecule has 0 spiro atoms. The van der Waals surface area contributed by atoms with Gasteiger partial charge in [-0.05, 0) is 29.8 Å². The third kappa shape index (κ3) is 3.58. The van der Waals surface area contributed by atoms with Crippen molar-refractivity contribution in [2.24, 2.45) is 0 Å². The van der Waals surface area contributed by atoms with E-state index >= 15 is 0 Å². The molecule has 0 heterocycles. The van der Waals surface area contributed by atoms with E-state index in [1.165, 1.54) is 10.8 Å². The van der Waals surface area contributed by atoms with Gasteiger partial charge in [0.05, 0.1) is 5.92 Å². The number of hydrogen-bond donors (Lipinski definition) is 2. The van der Waals surface area contributed by atoms with Crippen molar-refractivity contribution < 1.29 is 4.79 Å². The predicted molar refractivity (Wildman–Crippen MR) is 83.9 cm³/mol. The molecule has 1 atom stereocenters. The molecule has 0 saturated carbocycles. The molecular weight excluding hydrogens is 248 g/mol. The lowest BCUT2D eigenvalue weighted by Gasteiger charge is -2.13. The monoisotopic (exact) mass is 270 g/mol. The van der Waals surface area contributed by atoms with Crippen molar-refractivity contribution in [3.63, 3.8) is 0 Å². The van der Waals surface area contributed by atoms with Crippen LogP contribution in [0.3, 0.4) is 0 Å². The summed E-state index contributed by atoms with van der Waals surface area (Å²) in [6.07, 6.45) is 0. The van der Waals surface area contributed by atoms with Crippen molar-refractivity contribution in [3.8, 4) is 0 Å². The van der Waals surface area contributed by atoms with Crippen molar-refractivity contribution in [3.05, 3.63) is 48.0 Å². The number of nitrogens with one attached hydrogen (secondary N) is 2. The molecule has 0 radical (unpaired) electrons. The Balaban J connectivity index is 2.02. The topological polar surface area (TPSA) is 41.1 Å². The summed E-state index contributed by atoms with van der Waals surface area (Å²) in [6, 6.07) is 14.4. The van der Waals surface area contributed by atoms with Gasteiger partial charge in [0.15, 0.2) is 0 Å². The molecule has 1 unspecified atom stereocenters. The minimum atomic E-state index is -0.124. The summed E-state index contributed by atoms with van der Waals surface area (Å²) in [5, 5.41) is 8.54. The van der Waals surface area contributed by atoms with Gasteiger partial charge in [-0.1, -0.05) is 49.4 Å². The molecule has 3 heteroatoms. The SMILES string of the molecule is CCNCCNC(=O)C(C)c1ccc2ccccc2c1. The Bertz CT molecular complexity index is 580. The number of likely N-dealkylation sites (N-methyl/N-ethyl adjacent to an activating group) is 1. The molecule has 0 bridgehead atoms. The lowest BCUT2D eigenvalue weighted by Crippen LogP contribution is -2.34. The molecule has 2 aromatic rings. The molecule has 3 nitrogen and oxygen atoms in total. The standard InChI is InChI=1S/C17H22N2O/c1-3-18-10-11-19-17(20)13(2)15-9-8-14-6-4-5-7-16(14)12-15/h4-9,12-13,18H,3,10-11H2,1-2H3,(H,19,20). The van der Waals surface area contributed by atoms with Gasteiger partial charge in [0.25, 0.3) is 0 Å². The Hall–Kier alpha value is -1.87. The van der Waals surface area contributed by atoms with E-state index in [0.29, 0.717) is 6.54 Å². The van der Waals surface area contributed by atoms with Crippen LogP contribution in [0.4, 0.5) is 0 Å². The normalized spacial score (nSPS) is 12.3. The Labute approximate surface area is 120 Å². The summed E-state index contributed by atoms with van der Waals surface area (Å²) >= 11 is 0. The minimum Gasteiger partial charge on any atom is -0.354 e. The minimum absolute atomic E-state index is 0.0817. The van der Waals surface area contributed by atoms with E-state index in [1.807, 2.05) is 25.1 Å². The molecule has 0 aliphatic heterocycles. The maximum absolute atomic E-state index is 12.1. The van der Waals surface area contributed by atoms with E-state index in [0.717, 1.165) is 18.7 Å². The van der Waals surface area contributed by atoms with Crippen LogP contribution in [0.25, 0.3) is 10.8 Å². The summed E-state index contributed by atoms with van der Waals surface area (Å²) < 4.78 is 0. The smallest absolute Gasteiger partial charge is 0.227 e. The molecule has 0 aliphatic rings. The molecule has 106 valence electrons. The summed E-state index contributed by atoms with van der Waals surface area (Å²) in [4.78, 5) is 12.1. The second-order valence-corrected chi connectivity index (χ2v) is 4.97. The fourth-order valence-corrected chi connectivity index (χ4v) is 2.23. The van der Waals surface area contributed by atoms with Crippen LogP contribution in [-0.2, 0) is 4.79 Å². The van der Waals surface area contributed by atoms with Crippen molar-refractivity contribution in [1.82, 2.24) is 10.6 Å². The van der Waals surface area contributed by atoms with E-state index in [2.05, 4.69) is 41.8 Å². The van der Waals surface area contributed by atoms with Crippen molar-refractivity contribution in [2.45, 2.75) is 19.8 Å². The number of hydrogen-bond acceptors (Lipinski definition) is 2.